The lowest BCUT2D eigenvalue weighted by atomic mass is 9.99. The maximum Gasteiger partial charge on any atom is 0.236 e. The minimum absolute atomic E-state index is 0.0443. The summed E-state index contributed by atoms with van der Waals surface area (Å²) in [6.07, 6.45) is 4.96. The molecule has 0 saturated carbocycles. The van der Waals surface area contributed by atoms with Crippen LogP contribution in [0.2, 0.25) is 0 Å². The van der Waals surface area contributed by atoms with Crippen LogP contribution in [0.5, 0.6) is 0 Å². The maximum absolute atomic E-state index is 12.4. The lowest BCUT2D eigenvalue weighted by Crippen LogP contribution is -2.50. The predicted octanol–water partition coefficient (Wildman–Crippen LogP) is 0.388. The van der Waals surface area contributed by atoms with Crippen molar-refractivity contribution in [3.8, 4) is 0 Å². The first-order valence-electron chi connectivity index (χ1n) is 7.87. The van der Waals surface area contributed by atoms with Crippen LogP contribution in [0.15, 0.2) is 0 Å². The number of primary sulfonamides is 1. The van der Waals surface area contributed by atoms with E-state index in [0.717, 1.165) is 51.7 Å². The Bertz CT molecular complexity index is 458. The van der Waals surface area contributed by atoms with Crippen molar-refractivity contribution in [2.24, 2.45) is 11.1 Å². The number of hydrogen-bond donors (Lipinski definition) is 1. The van der Waals surface area contributed by atoms with Crippen LogP contribution in [-0.4, -0.2) is 62.1 Å². The summed E-state index contributed by atoms with van der Waals surface area (Å²) in [5.74, 6) is 0.777. The average Bonchev–Trinajstić information content (AvgIpc) is 2.40. The Labute approximate surface area is 127 Å². The fourth-order valence-electron chi connectivity index (χ4n) is 3.26. The molecular formula is C14H27N3O3S. The maximum atomic E-state index is 12.4. The van der Waals surface area contributed by atoms with Crippen molar-refractivity contribution in [3.05, 3.63) is 0 Å². The zero-order valence-corrected chi connectivity index (χ0v) is 13.6. The number of likely N-dealkylation sites (tertiary alicyclic amines) is 2. The Morgan fingerprint density at radius 2 is 1.81 bits per heavy atom. The van der Waals surface area contributed by atoms with Crippen LogP contribution in [0.3, 0.4) is 0 Å². The summed E-state index contributed by atoms with van der Waals surface area (Å²) in [6, 6.07) is -0.110. The highest BCUT2D eigenvalue weighted by Crippen LogP contribution is 2.20. The molecule has 6 nitrogen and oxygen atoms in total. The standard InChI is InChI=1S/C14H27N3O3S/c1-12-5-8-16(9-6-12)14(18)10-17-7-3-2-4-13(17)11-21(15,19)20/h12-13H,2-11H2,1H3,(H2,15,19,20). The summed E-state index contributed by atoms with van der Waals surface area (Å²) >= 11 is 0. The quantitative estimate of drug-likeness (QED) is 0.813. The number of hydrogen-bond acceptors (Lipinski definition) is 4. The smallest absolute Gasteiger partial charge is 0.236 e. The van der Waals surface area contributed by atoms with Gasteiger partial charge in [-0.25, -0.2) is 13.6 Å². The van der Waals surface area contributed by atoms with Gasteiger partial charge in [0.05, 0.1) is 12.3 Å². The molecule has 1 unspecified atom stereocenters. The molecular weight excluding hydrogens is 290 g/mol. The van der Waals surface area contributed by atoms with Gasteiger partial charge in [-0.3, -0.25) is 9.69 Å². The highest BCUT2D eigenvalue weighted by atomic mass is 32.2. The van der Waals surface area contributed by atoms with Crippen molar-refractivity contribution in [2.75, 3.05) is 31.9 Å². The number of nitrogens with two attached hydrogens (primary N) is 1. The molecule has 0 bridgehead atoms. The minimum Gasteiger partial charge on any atom is -0.342 e. The Morgan fingerprint density at radius 3 is 2.43 bits per heavy atom. The van der Waals surface area contributed by atoms with Gasteiger partial charge in [-0.05, 0) is 38.1 Å². The number of rotatable bonds is 4. The van der Waals surface area contributed by atoms with Crippen molar-refractivity contribution in [3.63, 3.8) is 0 Å². The minimum atomic E-state index is -3.49. The monoisotopic (exact) mass is 317 g/mol. The molecule has 122 valence electrons. The van der Waals surface area contributed by atoms with E-state index in [1.807, 2.05) is 9.80 Å². The molecule has 21 heavy (non-hydrogen) atoms. The van der Waals surface area contributed by atoms with Gasteiger partial charge in [-0.1, -0.05) is 13.3 Å². The molecule has 2 rings (SSSR count). The number of sulfonamides is 1. The fraction of sp³-hybridized carbons (Fsp3) is 0.929. The van der Waals surface area contributed by atoms with Gasteiger partial charge in [0, 0.05) is 19.1 Å². The first-order chi connectivity index (χ1) is 9.85. The molecule has 0 aromatic carbocycles. The second kappa shape index (κ2) is 7.07. The molecule has 0 radical (unpaired) electrons. The molecule has 0 spiro atoms. The van der Waals surface area contributed by atoms with E-state index in [4.69, 9.17) is 5.14 Å². The zero-order valence-electron chi connectivity index (χ0n) is 12.8. The molecule has 0 aromatic heterocycles. The van der Waals surface area contributed by atoms with Crippen LogP contribution in [0.1, 0.15) is 39.0 Å². The van der Waals surface area contributed by atoms with E-state index in [2.05, 4.69) is 6.92 Å². The van der Waals surface area contributed by atoms with Crippen molar-refractivity contribution in [2.45, 2.75) is 45.1 Å². The Kier molecular flexibility index (Phi) is 5.62. The molecule has 1 atom stereocenters. The third-order valence-corrected chi connectivity index (χ3v) is 5.50. The van der Waals surface area contributed by atoms with Gasteiger partial charge < -0.3 is 4.90 Å². The highest BCUT2D eigenvalue weighted by Gasteiger charge is 2.29. The molecule has 2 fully saturated rings. The van der Waals surface area contributed by atoms with Crippen molar-refractivity contribution < 1.29 is 13.2 Å². The molecule has 2 heterocycles. The van der Waals surface area contributed by atoms with E-state index < -0.39 is 10.0 Å². The number of piperidine rings is 2. The van der Waals surface area contributed by atoms with E-state index in [1.54, 1.807) is 0 Å². The Balaban J connectivity index is 1.91. The summed E-state index contributed by atoms with van der Waals surface area (Å²) in [5.41, 5.74) is 0. The zero-order chi connectivity index (χ0) is 15.5. The topological polar surface area (TPSA) is 83.7 Å². The highest BCUT2D eigenvalue weighted by molar-refractivity contribution is 7.89. The Hall–Kier alpha value is -0.660. The third-order valence-electron chi connectivity index (χ3n) is 4.65. The first-order valence-corrected chi connectivity index (χ1v) is 9.59. The largest absolute Gasteiger partial charge is 0.342 e. The number of nitrogens with zero attached hydrogens (tertiary/aromatic N) is 2. The number of carbonyl (C=O) groups excluding carboxylic acids is 1. The van der Waals surface area contributed by atoms with Gasteiger partial charge in [0.1, 0.15) is 0 Å². The number of amides is 1. The molecule has 7 heteroatoms. The second-order valence-electron chi connectivity index (χ2n) is 6.51. The molecule has 0 aliphatic carbocycles. The van der Waals surface area contributed by atoms with Gasteiger partial charge in [-0.2, -0.15) is 0 Å². The number of carbonyl (C=O) groups is 1. The first kappa shape index (κ1) is 16.7. The molecule has 1 amide bonds. The molecule has 2 aliphatic rings. The molecule has 2 aliphatic heterocycles. The van der Waals surface area contributed by atoms with Crippen LogP contribution in [0.25, 0.3) is 0 Å². The van der Waals surface area contributed by atoms with E-state index in [-0.39, 0.29) is 17.7 Å². The van der Waals surface area contributed by atoms with Gasteiger partial charge in [0.15, 0.2) is 0 Å². The van der Waals surface area contributed by atoms with Crippen LogP contribution in [0, 0.1) is 5.92 Å². The van der Waals surface area contributed by atoms with Crippen LogP contribution >= 0.6 is 0 Å². The van der Waals surface area contributed by atoms with E-state index in [1.165, 1.54) is 0 Å². The molecule has 2 N–H and O–H groups in total. The van der Waals surface area contributed by atoms with Gasteiger partial charge in [0.2, 0.25) is 15.9 Å². The lowest BCUT2D eigenvalue weighted by Gasteiger charge is -2.37. The van der Waals surface area contributed by atoms with Gasteiger partial charge in [0.25, 0.3) is 0 Å². The second-order valence-corrected chi connectivity index (χ2v) is 8.17. The summed E-state index contributed by atoms with van der Waals surface area (Å²) < 4.78 is 22.6. The van der Waals surface area contributed by atoms with Crippen LogP contribution in [0.4, 0.5) is 0 Å². The van der Waals surface area contributed by atoms with Crippen LogP contribution in [-0.2, 0) is 14.8 Å². The van der Waals surface area contributed by atoms with Gasteiger partial charge >= 0.3 is 0 Å². The summed E-state index contributed by atoms with van der Waals surface area (Å²) in [7, 11) is -3.49. The summed E-state index contributed by atoms with van der Waals surface area (Å²) in [6.45, 7) is 4.99. The lowest BCUT2D eigenvalue weighted by molar-refractivity contribution is -0.134. The predicted molar refractivity (Wildman–Crippen MR) is 82.2 cm³/mol. The van der Waals surface area contributed by atoms with Gasteiger partial charge in [-0.15, -0.1) is 0 Å². The van der Waals surface area contributed by atoms with Crippen molar-refractivity contribution in [1.82, 2.24) is 9.80 Å². The third kappa shape index (κ3) is 5.23. The SMILES string of the molecule is CC1CCN(C(=O)CN2CCCCC2CS(N)(=O)=O)CC1. The average molecular weight is 317 g/mol. The molecule has 0 aromatic rings. The van der Waals surface area contributed by atoms with E-state index >= 15 is 0 Å². The normalized spacial score (nSPS) is 26.0. The van der Waals surface area contributed by atoms with Crippen molar-refractivity contribution >= 4 is 15.9 Å². The molecule has 2 saturated heterocycles. The Morgan fingerprint density at radius 1 is 1.14 bits per heavy atom. The van der Waals surface area contributed by atoms with E-state index in [0.29, 0.717) is 12.5 Å². The fourth-order valence-corrected chi connectivity index (χ4v) is 4.17. The summed E-state index contributed by atoms with van der Waals surface area (Å²) in [4.78, 5) is 16.3. The van der Waals surface area contributed by atoms with Crippen molar-refractivity contribution in [1.29, 1.82) is 0 Å². The van der Waals surface area contributed by atoms with E-state index in [9.17, 15) is 13.2 Å². The van der Waals surface area contributed by atoms with Crippen LogP contribution < -0.4 is 5.14 Å². The summed E-state index contributed by atoms with van der Waals surface area (Å²) in [5, 5.41) is 5.17.